The quantitative estimate of drug-likeness (QED) is 0.248. The number of hydrogen-bond acceptors (Lipinski definition) is 6. The predicted octanol–water partition coefficient (Wildman–Crippen LogP) is 7.66. The van der Waals surface area contributed by atoms with Gasteiger partial charge in [-0.05, 0) is 96.2 Å². The Morgan fingerprint density at radius 3 is 2.20 bits per heavy atom. The topological polar surface area (TPSA) is 76.4 Å². The lowest BCUT2D eigenvalue weighted by molar-refractivity contribution is -0.143. The molecule has 2 heterocycles. The van der Waals surface area contributed by atoms with Gasteiger partial charge in [0, 0.05) is 13.1 Å². The fourth-order valence-electron chi connectivity index (χ4n) is 6.26. The molecule has 0 radical (unpaired) electrons. The highest BCUT2D eigenvalue weighted by molar-refractivity contribution is 5.89. The van der Waals surface area contributed by atoms with Crippen molar-refractivity contribution in [3.05, 3.63) is 63.7 Å². The first-order valence-electron chi connectivity index (χ1n) is 15.1. The fraction of sp³-hybridized carbons (Fsp3) is 0.548. The predicted molar refractivity (Wildman–Crippen MR) is 155 cm³/mol. The Kier molecular flexibility index (Phi) is 9.05. The van der Waals surface area contributed by atoms with Crippen molar-refractivity contribution in [2.24, 2.45) is 13.0 Å². The van der Waals surface area contributed by atoms with Crippen LogP contribution in [0.2, 0.25) is 0 Å². The number of aromatic nitrogens is 4. The van der Waals surface area contributed by atoms with Gasteiger partial charge in [-0.25, -0.2) is 4.79 Å². The lowest BCUT2D eigenvalue weighted by Gasteiger charge is -2.33. The van der Waals surface area contributed by atoms with Crippen LogP contribution in [0.1, 0.15) is 85.9 Å². The number of aryl methyl sites for hydroxylation is 3. The summed E-state index contributed by atoms with van der Waals surface area (Å²) in [5.41, 5.74) is 0.489. The number of ether oxygens (including phenoxy) is 1. The maximum Gasteiger partial charge on any atom is 0.416 e. The van der Waals surface area contributed by atoms with Crippen LogP contribution in [0.5, 0.6) is 0 Å². The second kappa shape index (κ2) is 12.5. The van der Waals surface area contributed by atoms with E-state index in [1.165, 1.54) is 11.8 Å². The Bertz CT molecular complexity index is 1500. The van der Waals surface area contributed by atoms with Crippen LogP contribution in [-0.2, 0) is 43.5 Å². The molecular formula is C31H36F6N6O2. The maximum atomic E-state index is 13.7. The fourth-order valence-corrected chi connectivity index (χ4v) is 6.26. The van der Waals surface area contributed by atoms with Gasteiger partial charge in [-0.2, -0.15) is 31.1 Å². The van der Waals surface area contributed by atoms with Gasteiger partial charge >= 0.3 is 18.4 Å². The van der Waals surface area contributed by atoms with E-state index in [-0.39, 0.29) is 36.1 Å². The molecule has 5 rings (SSSR count). The molecule has 0 fully saturated rings. The van der Waals surface area contributed by atoms with Crippen molar-refractivity contribution in [2.45, 2.75) is 90.3 Å². The van der Waals surface area contributed by atoms with E-state index in [4.69, 9.17) is 4.74 Å². The monoisotopic (exact) mass is 638 g/mol. The van der Waals surface area contributed by atoms with E-state index in [2.05, 4.69) is 15.4 Å². The Morgan fingerprint density at radius 2 is 1.64 bits per heavy atom. The van der Waals surface area contributed by atoms with Crippen LogP contribution >= 0.6 is 0 Å². The number of amides is 1. The van der Waals surface area contributed by atoms with Crippen LogP contribution in [0.4, 0.5) is 42.8 Å². The van der Waals surface area contributed by atoms with Crippen molar-refractivity contribution in [2.75, 3.05) is 16.3 Å². The molecule has 1 amide bonds. The van der Waals surface area contributed by atoms with Crippen molar-refractivity contribution < 1.29 is 35.9 Å². The zero-order valence-electron chi connectivity index (χ0n) is 25.5. The smallest absolute Gasteiger partial charge is 0.416 e. The Balaban J connectivity index is 1.62. The Labute approximate surface area is 257 Å². The first kappa shape index (κ1) is 32.6. The Hall–Kier alpha value is -3.84. The van der Waals surface area contributed by atoms with Crippen molar-refractivity contribution in [1.29, 1.82) is 0 Å². The molecule has 244 valence electrons. The summed E-state index contributed by atoms with van der Waals surface area (Å²) >= 11 is 0. The molecule has 45 heavy (non-hydrogen) atoms. The third-order valence-corrected chi connectivity index (χ3v) is 8.50. The molecule has 0 saturated carbocycles. The summed E-state index contributed by atoms with van der Waals surface area (Å²) in [4.78, 5) is 18.0. The van der Waals surface area contributed by atoms with Gasteiger partial charge in [-0.15, -0.1) is 5.10 Å². The van der Waals surface area contributed by atoms with Crippen LogP contribution in [0.15, 0.2) is 30.3 Å². The van der Waals surface area contributed by atoms with Gasteiger partial charge in [0.25, 0.3) is 5.95 Å². The summed E-state index contributed by atoms with van der Waals surface area (Å²) in [6, 6.07) is 4.94. The van der Waals surface area contributed by atoms with Crippen LogP contribution in [0.3, 0.4) is 0 Å². The summed E-state index contributed by atoms with van der Waals surface area (Å²) in [6.07, 6.45) is -6.66. The molecule has 2 aromatic carbocycles. The number of anilines is 2. The molecule has 2 aliphatic rings. The SMILES string of the molecule is CCC(OC(=O)N1CCCC(N(Cc2cc(C(F)(F)F)cc(C(F)(F)F)c2)c2nnn(C)n2)c2cc3c(cc21)CCC3)C(C)C. The van der Waals surface area contributed by atoms with Gasteiger partial charge in [0.2, 0.25) is 0 Å². The highest BCUT2D eigenvalue weighted by Gasteiger charge is 2.39. The second-order valence-corrected chi connectivity index (χ2v) is 12.0. The molecule has 0 N–H and O–H groups in total. The normalized spacial score (nSPS) is 17.6. The lowest BCUT2D eigenvalue weighted by atomic mass is 9.95. The van der Waals surface area contributed by atoms with Gasteiger partial charge in [0.1, 0.15) is 6.10 Å². The number of alkyl halides is 6. The molecule has 14 heteroatoms. The summed E-state index contributed by atoms with van der Waals surface area (Å²) in [6.45, 7) is 5.85. The largest absolute Gasteiger partial charge is 0.446 e. The minimum Gasteiger partial charge on any atom is -0.446 e. The average molecular weight is 639 g/mol. The van der Waals surface area contributed by atoms with Gasteiger partial charge in [0.15, 0.2) is 0 Å². The third kappa shape index (κ3) is 7.04. The van der Waals surface area contributed by atoms with E-state index in [0.29, 0.717) is 37.1 Å². The molecule has 0 bridgehead atoms. The third-order valence-electron chi connectivity index (χ3n) is 8.50. The number of carbonyl (C=O) groups is 1. The zero-order chi connectivity index (χ0) is 32.7. The lowest BCUT2D eigenvalue weighted by Crippen LogP contribution is -2.36. The van der Waals surface area contributed by atoms with Gasteiger partial charge in [0.05, 0.1) is 29.9 Å². The minimum absolute atomic E-state index is 0.0433. The Morgan fingerprint density at radius 1 is 1.00 bits per heavy atom. The molecule has 0 spiro atoms. The van der Waals surface area contributed by atoms with E-state index in [0.717, 1.165) is 42.5 Å². The molecule has 1 aliphatic heterocycles. The van der Waals surface area contributed by atoms with E-state index in [1.54, 1.807) is 9.80 Å². The number of tetrazole rings is 1. The van der Waals surface area contributed by atoms with Gasteiger partial charge in [-0.1, -0.05) is 31.9 Å². The first-order valence-corrected chi connectivity index (χ1v) is 15.1. The summed E-state index contributed by atoms with van der Waals surface area (Å²) < 4.78 is 88.4. The molecular weight excluding hydrogens is 602 g/mol. The molecule has 1 aromatic heterocycles. The number of rotatable bonds is 7. The van der Waals surface area contributed by atoms with E-state index < -0.39 is 35.6 Å². The molecule has 0 saturated heterocycles. The zero-order valence-corrected chi connectivity index (χ0v) is 25.5. The summed E-state index contributed by atoms with van der Waals surface area (Å²) in [7, 11) is 1.52. The number of hydrogen-bond donors (Lipinski definition) is 0. The van der Waals surface area contributed by atoms with Gasteiger partial charge in [-0.3, -0.25) is 4.90 Å². The molecule has 2 unspecified atom stereocenters. The van der Waals surface area contributed by atoms with Crippen LogP contribution < -0.4 is 9.80 Å². The second-order valence-electron chi connectivity index (χ2n) is 12.0. The molecule has 8 nitrogen and oxygen atoms in total. The minimum atomic E-state index is -4.99. The number of halogens is 6. The molecule has 2 atom stereocenters. The van der Waals surface area contributed by atoms with E-state index in [9.17, 15) is 31.1 Å². The summed E-state index contributed by atoms with van der Waals surface area (Å²) in [5.74, 6) is 0.146. The van der Waals surface area contributed by atoms with Crippen LogP contribution in [-0.4, -0.2) is 38.9 Å². The number of carbonyl (C=O) groups excluding carboxylic acids is 1. The maximum absolute atomic E-state index is 13.7. The van der Waals surface area contributed by atoms with Gasteiger partial charge < -0.3 is 9.64 Å². The van der Waals surface area contributed by atoms with E-state index in [1.807, 2.05) is 32.9 Å². The van der Waals surface area contributed by atoms with Crippen LogP contribution in [0, 0.1) is 5.92 Å². The first-order chi connectivity index (χ1) is 21.2. The molecule has 1 aliphatic carbocycles. The van der Waals surface area contributed by atoms with Crippen LogP contribution in [0.25, 0.3) is 0 Å². The number of nitrogens with zero attached hydrogens (tertiary/aromatic N) is 6. The standard InChI is InChI=1S/C31H36F6N6O2/c1-5-27(18(2)3)45-29(44)42-11-7-10-25(24-14-20-8-6-9-21(20)15-26(24)42)43(28-38-40-41(4)39-28)17-19-12-22(30(32,33)34)16-23(13-19)31(35,36)37/h12-16,18,25,27H,5-11,17H2,1-4H3. The van der Waals surface area contributed by atoms with Crippen molar-refractivity contribution >= 4 is 17.7 Å². The van der Waals surface area contributed by atoms with Crippen molar-refractivity contribution in [1.82, 2.24) is 20.2 Å². The van der Waals surface area contributed by atoms with E-state index >= 15 is 0 Å². The van der Waals surface area contributed by atoms with Crippen molar-refractivity contribution in [3.8, 4) is 0 Å². The highest BCUT2D eigenvalue weighted by Crippen LogP contribution is 2.43. The average Bonchev–Trinajstić information content (AvgIpc) is 3.57. The summed E-state index contributed by atoms with van der Waals surface area (Å²) in [5, 5.41) is 12.3. The number of benzene rings is 2. The highest BCUT2D eigenvalue weighted by atomic mass is 19.4. The molecule has 3 aromatic rings. The number of fused-ring (bicyclic) bond motifs is 2. The van der Waals surface area contributed by atoms with Crippen molar-refractivity contribution in [3.63, 3.8) is 0 Å².